The van der Waals surface area contributed by atoms with Gasteiger partial charge in [-0.25, -0.2) is 0 Å². The van der Waals surface area contributed by atoms with Gasteiger partial charge in [0, 0.05) is 18.2 Å². The number of aliphatic hydroxyl groups is 1. The molecule has 0 spiro atoms. The normalized spacial score (nSPS) is 20.4. The van der Waals surface area contributed by atoms with E-state index in [1.54, 1.807) is 6.07 Å². The predicted octanol–water partition coefficient (Wildman–Crippen LogP) is 1.44. The number of nitrogens with two attached hydrogens (primary N) is 1. The van der Waals surface area contributed by atoms with E-state index in [0.29, 0.717) is 5.56 Å². The molecule has 2 rings (SSSR count). The Morgan fingerprint density at radius 2 is 2.26 bits per heavy atom. The van der Waals surface area contributed by atoms with E-state index in [0.717, 1.165) is 25.1 Å². The van der Waals surface area contributed by atoms with E-state index in [1.165, 1.54) is 18.4 Å². The van der Waals surface area contributed by atoms with Crippen LogP contribution in [0.15, 0.2) is 18.2 Å². The van der Waals surface area contributed by atoms with Crippen molar-refractivity contribution in [3.05, 3.63) is 34.9 Å². The first-order chi connectivity index (χ1) is 9.11. The molecule has 1 fully saturated rings. The van der Waals surface area contributed by atoms with Crippen LogP contribution in [-0.4, -0.2) is 35.1 Å². The summed E-state index contributed by atoms with van der Waals surface area (Å²) in [7, 11) is 0. The number of amides is 1. The molecular formula is C15H22N2O2. The quantitative estimate of drug-likeness (QED) is 0.863. The minimum Gasteiger partial charge on any atom is -0.395 e. The third kappa shape index (κ3) is 3.33. The molecule has 1 aliphatic heterocycles. The van der Waals surface area contributed by atoms with Gasteiger partial charge in [-0.15, -0.1) is 0 Å². The summed E-state index contributed by atoms with van der Waals surface area (Å²) in [5.74, 6) is -0.388. The largest absolute Gasteiger partial charge is 0.395 e. The third-order valence-corrected chi connectivity index (χ3v) is 3.96. The number of piperidine rings is 1. The van der Waals surface area contributed by atoms with Crippen LogP contribution in [-0.2, 0) is 6.54 Å². The van der Waals surface area contributed by atoms with Crippen molar-refractivity contribution in [2.45, 2.75) is 38.8 Å². The highest BCUT2D eigenvalue weighted by atomic mass is 16.3. The maximum atomic E-state index is 11.1. The van der Waals surface area contributed by atoms with Gasteiger partial charge in [-0.3, -0.25) is 9.69 Å². The SMILES string of the molecule is Cc1cc(C(N)=O)ccc1CN1CCCCC1CO. The van der Waals surface area contributed by atoms with Gasteiger partial charge in [-0.2, -0.15) is 0 Å². The van der Waals surface area contributed by atoms with E-state index in [9.17, 15) is 9.90 Å². The molecule has 3 N–H and O–H groups in total. The minimum absolute atomic E-state index is 0.221. The van der Waals surface area contributed by atoms with Crippen LogP contribution < -0.4 is 5.73 Å². The highest BCUT2D eigenvalue weighted by Crippen LogP contribution is 2.21. The number of aliphatic hydroxyl groups excluding tert-OH is 1. The number of benzene rings is 1. The molecule has 0 aliphatic carbocycles. The van der Waals surface area contributed by atoms with E-state index < -0.39 is 0 Å². The van der Waals surface area contributed by atoms with E-state index in [2.05, 4.69) is 4.90 Å². The maximum Gasteiger partial charge on any atom is 0.248 e. The number of carbonyl (C=O) groups is 1. The molecule has 0 radical (unpaired) electrons. The summed E-state index contributed by atoms with van der Waals surface area (Å²) < 4.78 is 0. The Kier molecular flexibility index (Phi) is 4.56. The fourth-order valence-corrected chi connectivity index (χ4v) is 2.72. The van der Waals surface area contributed by atoms with Crippen LogP contribution in [0.2, 0.25) is 0 Å². The molecule has 4 nitrogen and oxygen atoms in total. The smallest absolute Gasteiger partial charge is 0.248 e. The lowest BCUT2D eigenvalue weighted by molar-refractivity contribution is 0.0839. The lowest BCUT2D eigenvalue weighted by Gasteiger charge is -2.34. The van der Waals surface area contributed by atoms with Gasteiger partial charge in [-0.05, 0) is 49.6 Å². The third-order valence-electron chi connectivity index (χ3n) is 3.96. The van der Waals surface area contributed by atoms with Gasteiger partial charge in [0.05, 0.1) is 6.61 Å². The number of carbonyl (C=O) groups excluding carboxylic acids is 1. The molecule has 4 heteroatoms. The molecule has 19 heavy (non-hydrogen) atoms. The van der Waals surface area contributed by atoms with Gasteiger partial charge < -0.3 is 10.8 Å². The zero-order valence-corrected chi connectivity index (χ0v) is 11.4. The number of rotatable bonds is 4. The molecule has 104 valence electrons. The number of aryl methyl sites for hydroxylation is 1. The topological polar surface area (TPSA) is 66.6 Å². The molecule has 0 saturated carbocycles. The van der Waals surface area contributed by atoms with Crippen molar-refractivity contribution < 1.29 is 9.90 Å². The van der Waals surface area contributed by atoms with E-state index in [-0.39, 0.29) is 18.6 Å². The van der Waals surface area contributed by atoms with Crippen LogP contribution in [0.4, 0.5) is 0 Å². The van der Waals surface area contributed by atoms with Gasteiger partial charge in [-0.1, -0.05) is 12.5 Å². The van der Waals surface area contributed by atoms with Crippen LogP contribution >= 0.6 is 0 Å². The molecule has 1 atom stereocenters. The van der Waals surface area contributed by atoms with Crippen LogP contribution in [0.1, 0.15) is 40.7 Å². The molecule has 0 bridgehead atoms. The predicted molar refractivity (Wildman–Crippen MR) is 74.8 cm³/mol. The summed E-state index contributed by atoms with van der Waals surface area (Å²) >= 11 is 0. The van der Waals surface area contributed by atoms with Crippen LogP contribution in [0.5, 0.6) is 0 Å². The monoisotopic (exact) mass is 262 g/mol. The fraction of sp³-hybridized carbons (Fsp3) is 0.533. The highest BCUT2D eigenvalue weighted by Gasteiger charge is 2.22. The van der Waals surface area contributed by atoms with Crippen LogP contribution in [0.25, 0.3) is 0 Å². The standard InChI is InChI=1S/C15H22N2O2/c1-11-8-12(15(16)19)5-6-13(11)9-17-7-3-2-4-14(17)10-18/h5-6,8,14,18H,2-4,7,9-10H2,1H3,(H2,16,19). The Morgan fingerprint density at radius 1 is 1.47 bits per heavy atom. The Labute approximate surface area is 114 Å². The second-order valence-corrected chi connectivity index (χ2v) is 5.31. The highest BCUT2D eigenvalue weighted by molar-refractivity contribution is 5.93. The number of hydrogen-bond donors (Lipinski definition) is 2. The summed E-state index contributed by atoms with van der Waals surface area (Å²) in [6.45, 7) is 4.08. The number of likely N-dealkylation sites (tertiary alicyclic amines) is 1. The first-order valence-corrected chi connectivity index (χ1v) is 6.86. The average molecular weight is 262 g/mol. The lowest BCUT2D eigenvalue weighted by atomic mass is 9.99. The molecule has 1 aromatic rings. The first-order valence-electron chi connectivity index (χ1n) is 6.86. The molecular weight excluding hydrogens is 240 g/mol. The zero-order chi connectivity index (χ0) is 13.8. The van der Waals surface area contributed by atoms with Crippen molar-refractivity contribution in [3.63, 3.8) is 0 Å². The second-order valence-electron chi connectivity index (χ2n) is 5.31. The van der Waals surface area contributed by atoms with E-state index >= 15 is 0 Å². The lowest BCUT2D eigenvalue weighted by Crippen LogP contribution is -2.41. The van der Waals surface area contributed by atoms with Gasteiger partial charge >= 0.3 is 0 Å². The van der Waals surface area contributed by atoms with Crippen molar-refractivity contribution in [1.82, 2.24) is 4.90 Å². The molecule has 1 amide bonds. The molecule has 1 aromatic carbocycles. The summed E-state index contributed by atoms with van der Waals surface area (Å²) in [6, 6.07) is 5.86. The Bertz CT molecular complexity index is 459. The van der Waals surface area contributed by atoms with E-state index in [4.69, 9.17) is 5.73 Å². The van der Waals surface area contributed by atoms with Crippen molar-refractivity contribution in [3.8, 4) is 0 Å². The Hall–Kier alpha value is -1.39. The molecule has 0 aromatic heterocycles. The van der Waals surface area contributed by atoms with Gasteiger partial charge in [0.15, 0.2) is 0 Å². The van der Waals surface area contributed by atoms with Crippen LogP contribution in [0.3, 0.4) is 0 Å². The summed E-state index contributed by atoms with van der Waals surface area (Å²) in [4.78, 5) is 13.5. The summed E-state index contributed by atoms with van der Waals surface area (Å²) in [5.41, 5.74) is 8.11. The van der Waals surface area contributed by atoms with Crippen LogP contribution in [0, 0.1) is 6.92 Å². The summed E-state index contributed by atoms with van der Waals surface area (Å²) in [5, 5.41) is 9.42. The first kappa shape index (κ1) is 14.0. The Morgan fingerprint density at radius 3 is 2.89 bits per heavy atom. The summed E-state index contributed by atoms with van der Waals surface area (Å²) in [6.07, 6.45) is 3.45. The molecule has 1 heterocycles. The Balaban J connectivity index is 2.11. The molecule has 1 saturated heterocycles. The fourth-order valence-electron chi connectivity index (χ4n) is 2.72. The van der Waals surface area contributed by atoms with Gasteiger partial charge in [0.1, 0.15) is 0 Å². The molecule has 1 aliphatic rings. The van der Waals surface area contributed by atoms with Gasteiger partial charge in [0.2, 0.25) is 5.91 Å². The van der Waals surface area contributed by atoms with Crippen molar-refractivity contribution in [1.29, 1.82) is 0 Å². The number of primary amides is 1. The van der Waals surface area contributed by atoms with Crippen molar-refractivity contribution in [2.75, 3.05) is 13.2 Å². The van der Waals surface area contributed by atoms with E-state index in [1.807, 2.05) is 19.1 Å². The second kappa shape index (κ2) is 6.17. The zero-order valence-electron chi connectivity index (χ0n) is 11.4. The number of nitrogens with zero attached hydrogens (tertiary/aromatic N) is 1. The van der Waals surface area contributed by atoms with Crippen molar-refractivity contribution >= 4 is 5.91 Å². The van der Waals surface area contributed by atoms with Gasteiger partial charge in [0.25, 0.3) is 0 Å². The minimum atomic E-state index is -0.388. The molecule has 1 unspecified atom stereocenters. The number of hydrogen-bond acceptors (Lipinski definition) is 3. The maximum absolute atomic E-state index is 11.1. The average Bonchev–Trinajstić information content (AvgIpc) is 2.41. The van der Waals surface area contributed by atoms with Crippen molar-refractivity contribution in [2.24, 2.45) is 5.73 Å².